The van der Waals surface area contributed by atoms with Gasteiger partial charge in [0.15, 0.2) is 6.10 Å². The van der Waals surface area contributed by atoms with Gasteiger partial charge in [0.25, 0.3) is 0 Å². The van der Waals surface area contributed by atoms with Crippen LogP contribution in [-0.4, -0.2) is 45.5 Å². The lowest BCUT2D eigenvalue weighted by Crippen LogP contribution is -2.43. The monoisotopic (exact) mass is 215 g/mol. The van der Waals surface area contributed by atoms with Crippen molar-refractivity contribution < 1.29 is 24.6 Å². The van der Waals surface area contributed by atoms with Crippen molar-refractivity contribution >= 4 is 17.8 Å². The Morgan fingerprint density at radius 1 is 1.27 bits per heavy atom. The molecule has 0 aromatic heterocycles. The lowest BCUT2D eigenvalue weighted by molar-refractivity contribution is -0.152. The molecule has 1 saturated heterocycles. The highest BCUT2D eigenvalue weighted by Gasteiger charge is 2.28. The Kier molecular flexibility index (Phi) is 3.79. The maximum absolute atomic E-state index is 11.4. The van der Waals surface area contributed by atoms with E-state index in [-0.39, 0.29) is 12.8 Å². The Labute approximate surface area is 86.5 Å². The molecule has 0 spiro atoms. The molecule has 1 atom stereocenters. The SMILES string of the molecule is O=C(O)C(O)CN1C(=O)CCCCC1=O. The van der Waals surface area contributed by atoms with Gasteiger partial charge in [0.1, 0.15) is 0 Å². The number of amides is 2. The third kappa shape index (κ3) is 3.02. The van der Waals surface area contributed by atoms with Crippen LogP contribution in [0.2, 0.25) is 0 Å². The number of nitrogens with zero attached hydrogens (tertiary/aromatic N) is 1. The van der Waals surface area contributed by atoms with E-state index in [1.807, 2.05) is 0 Å². The number of hydrogen-bond donors (Lipinski definition) is 2. The number of aliphatic hydroxyl groups excluding tert-OH is 1. The minimum absolute atomic E-state index is 0.234. The van der Waals surface area contributed by atoms with E-state index in [4.69, 9.17) is 10.2 Å². The topological polar surface area (TPSA) is 94.9 Å². The van der Waals surface area contributed by atoms with E-state index in [0.29, 0.717) is 12.8 Å². The molecule has 0 aromatic carbocycles. The van der Waals surface area contributed by atoms with Crippen LogP contribution in [0.15, 0.2) is 0 Å². The number of hydrogen-bond acceptors (Lipinski definition) is 4. The zero-order chi connectivity index (χ0) is 11.4. The normalized spacial score (nSPS) is 19.9. The molecule has 1 unspecified atom stereocenters. The molecule has 84 valence electrons. The number of aliphatic carboxylic acids is 1. The number of carboxylic acid groups (broad SMARTS) is 1. The van der Waals surface area contributed by atoms with E-state index in [0.717, 1.165) is 4.90 Å². The molecule has 0 aliphatic carbocycles. The van der Waals surface area contributed by atoms with Crippen LogP contribution < -0.4 is 0 Å². The third-order valence-electron chi connectivity index (χ3n) is 2.27. The second-order valence-electron chi connectivity index (χ2n) is 3.46. The Morgan fingerprint density at radius 3 is 2.13 bits per heavy atom. The first kappa shape index (κ1) is 11.6. The van der Waals surface area contributed by atoms with Gasteiger partial charge >= 0.3 is 5.97 Å². The van der Waals surface area contributed by atoms with Gasteiger partial charge in [0, 0.05) is 12.8 Å². The van der Waals surface area contributed by atoms with Crippen LogP contribution in [0.3, 0.4) is 0 Å². The highest BCUT2D eigenvalue weighted by atomic mass is 16.4. The Hall–Kier alpha value is -1.43. The number of rotatable bonds is 3. The second kappa shape index (κ2) is 4.88. The molecule has 6 heteroatoms. The van der Waals surface area contributed by atoms with Gasteiger partial charge < -0.3 is 10.2 Å². The van der Waals surface area contributed by atoms with Crippen molar-refractivity contribution in [2.24, 2.45) is 0 Å². The van der Waals surface area contributed by atoms with E-state index >= 15 is 0 Å². The van der Waals surface area contributed by atoms with Gasteiger partial charge in [0.2, 0.25) is 11.8 Å². The van der Waals surface area contributed by atoms with E-state index in [1.165, 1.54) is 0 Å². The molecule has 1 heterocycles. The van der Waals surface area contributed by atoms with Crippen LogP contribution in [-0.2, 0) is 14.4 Å². The number of imide groups is 1. The van der Waals surface area contributed by atoms with Gasteiger partial charge in [-0.2, -0.15) is 0 Å². The van der Waals surface area contributed by atoms with Gasteiger partial charge in [-0.3, -0.25) is 14.5 Å². The fraction of sp³-hybridized carbons (Fsp3) is 0.667. The van der Waals surface area contributed by atoms with Crippen molar-refractivity contribution in [1.29, 1.82) is 0 Å². The fourth-order valence-corrected chi connectivity index (χ4v) is 1.42. The van der Waals surface area contributed by atoms with Crippen molar-refractivity contribution in [2.75, 3.05) is 6.54 Å². The molecular weight excluding hydrogens is 202 g/mol. The van der Waals surface area contributed by atoms with Crippen molar-refractivity contribution in [3.8, 4) is 0 Å². The molecule has 0 bridgehead atoms. The first-order valence-electron chi connectivity index (χ1n) is 4.76. The standard InChI is InChI=1S/C9H13NO5/c11-6(9(14)15)5-10-7(12)3-1-2-4-8(10)13/h6,11H,1-5H2,(H,14,15). The molecule has 0 radical (unpaired) electrons. The van der Waals surface area contributed by atoms with Crippen LogP contribution in [0, 0.1) is 0 Å². The summed E-state index contributed by atoms with van der Waals surface area (Å²) in [6.45, 7) is -0.451. The summed E-state index contributed by atoms with van der Waals surface area (Å²) in [5.74, 6) is -2.24. The number of carbonyl (C=O) groups excluding carboxylic acids is 2. The Balaban J connectivity index is 2.67. The van der Waals surface area contributed by atoms with Gasteiger partial charge in [-0.05, 0) is 12.8 Å². The highest BCUT2D eigenvalue weighted by Crippen LogP contribution is 2.12. The number of carbonyl (C=O) groups is 3. The lowest BCUT2D eigenvalue weighted by atomic mass is 10.2. The lowest BCUT2D eigenvalue weighted by Gasteiger charge is -2.19. The highest BCUT2D eigenvalue weighted by molar-refractivity contribution is 5.96. The zero-order valence-electron chi connectivity index (χ0n) is 8.18. The van der Waals surface area contributed by atoms with Gasteiger partial charge in [-0.15, -0.1) is 0 Å². The summed E-state index contributed by atoms with van der Waals surface area (Å²) in [6, 6.07) is 0. The molecule has 6 nitrogen and oxygen atoms in total. The summed E-state index contributed by atoms with van der Waals surface area (Å²) in [7, 11) is 0. The second-order valence-corrected chi connectivity index (χ2v) is 3.46. The number of likely N-dealkylation sites (tertiary alicyclic amines) is 1. The molecule has 15 heavy (non-hydrogen) atoms. The Morgan fingerprint density at radius 2 is 1.73 bits per heavy atom. The van der Waals surface area contributed by atoms with Crippen molar-refractivity contribution in [1.82, 2.24) is 4.90 Å². The molecule has 1 fully saturated rings. The quantitative estimate of drug-likeness (QED) is 0.610. The van der Waals surface area contributed by atoms with Crippen LogP contribution in [0.25, 0.3) is 0 Å². The minimum Gasteiger partial charge on any atom is -0.479 e. The summed E-state index contributed by atoms with van der Waals surface area (Å²) in [4.78, 5) is 34.0. The van der Waals surface area contributed by atoms with E-state index in [1.54, 1.807) is 0 Å². The van der Waals surface area contributed by atoms with Crippen LogP contribution in [0.5, 0.6) is 0 Å². The third-order valence-corrected chi connectivity index (χ3v) is 2.27. The number of β-amino-alcohol motifs (C(OH)–C–C–N with tert-alkyl or cyclic N) is 1. The molecular formula is C9H13NO5. The summed E-state index contributed by atoms with van der Waals surface area (Å²) in [5, 5.41) is 17.5. The summed E-state index contributed by atoms with van der Waals surface area (Å²) < 4.78 is 0. The Bertz CT molecular complexity index is 270. The molecule has 1 rings (SSSR count). The van der Waals surface area contributed by atoms with Gasteiger partial charge in [-0.1, -0.05) is 0 Å². The largest absolute Gasteiger partial charge is 0.479 e. The van der Waals surface area contributed by atoms with Crippen molar-refractivity contribution in [3.05, 3.63) is 0 Å². The molecule has 2 N–H and O–H groups in total. The average molecular weight is 215 g/mol. The van der Waals surface area contributed by atoms with E-state index in [2.05, 4.69) is 0 Å². The fourth-order valence-electron chi connectivity index (χ4n) is 1.42. The number of carboxylic acids is 1. The van der Waals surface area contributed by atoms with Gasteiger partial charge in [0.05, 0.1) is 6.54 Å². The van der Waals surface area contributed by atoms with Crippen molar-refractivity contribution in [3.63, 3.8) is 0 Å². The first-order valence-corrected chi connectivity index (χ1v) is 4.76. The summed E-state index contributed by atoms with van der Waals surface area (Å²) in [6.07, 6.45) is 0.0287. The van der Waals surface area contributed by atoms with Crippen LogP contribution >= 0.6 is 0 Å². The van der Waals surface area contributed by atoms with E-state index in [9.17, 15) is 14.4 Å². The predicted molar refractivity (Wildman–Crippen MR) is 48.8 cm³/mol. The first-order chi connectivity index (χ1) is 7.02. The smallest absolute Gasteiger partial charge is 0.334 e. The summed E-state index contributed by atoms with van der Waals surface area (Å²) in [5.41, 5.74) is 0. The minimum atomic E-state index is -1.70. The van der Waals surface area contributed by atoms with Gasteiger partial charge in [-0.25, -0.2) is 4.79 Å². The average Bonchev–Trinajstić information content (AvgIpc) is 2.32. The maximum atomic E-state index is 11.4. The zero-order valence-corrected chi connectivity index (χ0v) is 8.18. The molecule has 2 amide bonds. The molecule has 1 aliphatic rings. The van der Waals surface area contributed by atoms with Crippen LogP contribution in [0.4, 0.5) is 0 Å². The molecule has 1 aliphatic heterocycles. The summed E-state index contributed by atoms with van der Waals surface area (Å²) >= 11 is 0. The maximum Gasteiger partial charge on any atom is 0.334 e. The molecule has 0 saturated carbocycles. The van der Waals surface area contributed by atoms with Crippen molar-refractivity contribution in [2.45, 2.75) is 31.8 Å². The molecule has 0 aromatic rings. The van der Waals surface area contributed by atoms with Crippen LogP contribution in [0.1, 0.15) is 25.7 Å². The van der Waals surface area contributed by atoms with E-state index < -0.39 is 30.4 Å². The predicted octanol–water partition coefficient (Wildman–Crippen LogP) is -0.639. The number of aliphatic hydroxyl groups is 1.